The highest BCUT2D eigenvalue weighted by molar-refractivity contribution is 7.26. The van der Waals surface area contributed by atoms with Crippen LogP contribution in [-0.4, -0.2) is 15.0 Å². The van der Waals surface area contributed by atoms with E-state index in [9.17, 15) is 0 Å². The van der Waals surface area contributed by atoms with Crippen molar-refractivity contribution in [3.05, 3.63) is 164 Å². The molecule has 0 aliphatic rings. The zero-order valence-corrected chi connectivity index (χ0v) is 27.6. The summed E-state index contributed by atoms with van der Waals surface area (Å²) in [5, 5.41) is 4.51. The van der Waals surface area contributed by atoms with Crippen LogP contribution in [0.5, 0.6) is 0 Å². The second-order valence-corrected chi connectivity index (χ2v) is 13.5. The summed E-state index contributed by atoms with van der Waals surface area (Å²) in [5.74, 6) is 1.88. The van der Waals surface area contributed by atoms with Gasteiger partial charge in [-0.1, -0.05) is 127 Å². The largest absolute Gasteiger partial charge is 0.456 e. The molecule has 0 amide bonds. The van der Waals surface area contributed by atoms with E-state index in [1.807, 2.05) is 54.6 Å². The molecular weight excluding hydrogens is 631 g/mol. The number of furan rings is 1. The van der Waals surface area contributed by atoms with Crippen molar-refractivity contribution in [1.29, 1.82) is 0 Å². The number of thiophene rings is 1. The van der Waals surface area contributed by atoms with Crippen molar-refractivity contribution in [1.82, 2.24) is 15.0 Å². The predicted octanol–water partition coefficient (Wildman–Crippen LogP) is 12.5. The van der Waals surface area contributed by atoms with Crippen LogP contribution in [0.1, 0.15) is 0 Å². The first-order chi connectivity index (χ1) is 24.7. The monoisotopic (exact) mass is 657 g/mol. The minimum atomic E-state index is 0.605. The molecule has 50 heavy (non-hydrogen) atoms. The Bertz CT molecular complexity index is 2870. The number of fused-ring (bicyclic) bond motifs is 6. The van der Waals surface area contributed by atoms with Gasteiger partial charge < -0.3 is 4.42 Å². The van der Waals surface area contributed by atoms with E-state index in [-0.39, 0.29) is 0 Å². The molecule has 3 aromatic heterocycles. The summed E-state index contributed by atoms with van der Waals surface area (Å²) in [6.07, 6.45) is 0. The van der Waals surface area contributed by atoms with Crippen molar-refractivity contribution in [3.8, 4) is 56.4 Å². The highest BCUT2D eigenvalue weighted by atomic mass is 32.1. The van der Waals surface area contributed by atoms with Crippen LogP contribution >= 0.6 is 11.3 Å². The normalized spacial score (nSPS) is 11.6. The summed E-state index contributed by atoms with van der Waals surface area (Å²) in [5.41, 5.74) is 9.28. The molecule has 0 aliphatic carbocycles. The molecule has 0 aliphatic heterocycles. The van der Waals surface area contributed by atoms with Gasteiger partial charge in [-0.05, 0) is 58.7 Å². The average Bonchev–Trinajstić information content (AvgIpc) is 3.76. The summed E-state index contributed by atoms with van der Waals surface area (Å²) >= 11 is 1.80. The number of nitrogens with zero attached hydrogens (tertiary/aromatic N) is 3. The predicted molar refractivity (Wildman–Crippen MR) is 207 cm³/mol. The van der Waals surface area contributed by atoms with E-state index < -0.39 is 0 Å². The lowest BCUT2D eigenvalue weighted by atomic mass is 9.98. The first-order valence-electron chi connectivity index (χ1n) is 16.6. The highest BCUT2D eigenvalue weighted by Crippen LogP contribution is 2.42. The van der Waals surface area contributed by atoms with Gasteiger partial charge in [-0.3, -0.25) is 0 Å². The van der Waals surface area contributed by atoms with E-state index in [0.29, 0.717) is 17.5 Å². The number of hydrogen-bond donors (Lipinski definition) is 0. The Morgan fingerprint density at radius 3 is 1.80 bits per heavy atom. The standard InChI is InChI=1S/C45H27N3OS/c1-3-11-28(12-4-1)30-15-9-16-31(25-30)32-21-24-36-41(27-32)50-40-20-10-18-37(42(36)40)45-47-43(29-13-5-2-6-14-29)46-44(48-45)33-22-23-35-34-17-7-8-19-38(34)49-39(35)26-33/h1-27H. The minimum absolute atomic E-state index is 0.605. The van der Waals surface area contributed by atoms with Gasteiger partial charge in [0.15, 0.2) is 17.5 Å². The van der Waals surface area contributed by atoms with Crippen molar-refractivity contribution in [2.75, 3.05) is 0 Å². The number of hydrogen-bond acceptors (Lipinski definition) is 5. The second-order valence-electron chi connectivity index (χ2n) is 12.4. The van der Waals surface area contributed by atoms with Crippen LogP contribution < -0.4 is 0 Å². The first-order valence-corrected chi connectivity index (χ1v) is 17.4. The third-order valence-corrected chi connectivity index (χ3v) is 10.5. The molecule has 0 spiro atoms. The third-order valence-electron chi connectivity index (χ3n) is 9.35. The molecule has 5 heteroatoms. The van der Waals surface area contributed by atoms with Crippen LogP contribution in [-0.2, 0) is 0 Å². The van der Waals surface area contributed by atoms with E-state index in [4.69, 9.17) is 19.4 Å². The topological polar surface area (TPSA) is 51.8 Å². The summed E-state index contributed by atoms with van der Waals surface area (Å²) < 4.78 is 8.66. The fraction of sp³-hybridized carbons (Fsp3) is 0. The van der Waals surface area contributed by atoms with Gasteiger partial charge >= 0.3 is 0 Å². The Kier molecular flexibility index (Phi) is 6.64. The van der Waals surface area contributed by atoms with E-state index in [2.05, 4.69) is 109 Å². The van der Waals surface area contributed by atoms with Crippen LogP contribution in [0.4, 0.5) is 0 Å². The second kappa shape index (κ2) is 11.6. The SMILES string of the molecule is c1ccc(-c2cccc(-c3ccc4c(c3)sc3cccc(-c5nc(-c6ccccc6)nc(-c6ccc7c(c6)oc6ccccc67)n5)c34)c2)cc1. The first kappa shape index (κ1) is 28.6. The summed E-state index contributed by atoms with van der Waals surface area (Å²) in [7, 11) is 0. The maximum Gasteiger partial charge on any atom is 0.164 e. The molecule has 234 valence electrons. The molecule has 0 fully saturated rings. The molecule has 0 atom stereocenters. The molecule has 0 N–H and O–H groups in total. The molecule has 10 rings (SSSR count). The number of aromatic nitrogens is 3. The van der Waals surface area contributed by atoms with Gasteiger partial charge in [0.05, 0.1) is 0 Å². The zero-order chi connectivity index (χ0) is 33.0. The van der Waals surface area contributed by atoms with E-state index in [0.717, 1.165) is 44.0 Å². The lowest BCUT2D eigenvalue weighted by Crippen LogP contribution is -2.00. The van der Waals surface area contributed by atoms with Crippen molar-refractivity contribution >= 4 is 53.4 Å². The van der Waals surface area contributed by atoms with E-state index in [1.165, 1.54) is 37.0 Å². The third kappa shape index (κ3) is 4.87. The molecule has 0 unspecified atom stereocenters. The molecule has 7 aromatic carbocycles. The van der Waals surface area contributed by atoms with Crippen LogP contribution in [0.15, 0.2) is 168 Å². The number of para-hydroxylation sites is 1. The quantitative estimate of drug-likeness (QED) is 0.185. The Morgan fingerprint density at radius 1 is 0.360 bits per heavy atom. The van der Waals surface area contributed by atoms with Crippen LogP contribution in [0, 0.1) is 0 Å². The minimum Gasteiger partial charge on any atom is -0.456 e. The Hall–Kier alpha value is -6.43. The lowest BCUT2D eigenvalue weighted by molar-refractivity contribution is 0.669. The van der Waals surface area contributed by atoms with Crippen molar-refractivity contribution < 1.29 is 4.42 Å². The van der Waals surface area contributed by atoms with Crippen molar-refractivity contribution in [2.45, 2.75) is 0 Å². The van der Waals surface area contributed by atoms with Gasteiger partial charge in [-0.15, -0.1) is 11.3 Å². The van der Waals surface area contributed by atoms with E-state index >= 15 is 0 Å². The maximum absolute atomic E-state index is 6.24. The maximum atomic E-state index is 6.24. The highest BCUT2D eigenvalue weighted by Gasteiger charge is 2.18. The molecule has 0 radical (unpaired) electrons. The van der Waals surface area contributed by atoms with Gasteiger partial charge in [0.25, 0.3) is 0 Å². The van der Waals surface area contributed by atoms with Gasteiger partial charge in [0.1, 0.15) is 11.2 Å². The van der Waals surface area contributed by atoms with Gasteiger partial charge in [0.2, 0.25) is 0 Å². The molecule has 4 nitrogen and oxygen atoms in total. The fourth-order valence-electron chi connectivity index (χ4n) is 6.91. The molecule has 0 bridgehead atoms. The van der Waals surface area contributed by atoms with Crippen LogP contribution in [0.2, 0.25) is 0 Å². The fourth-order valence-corrected chi connectivity index (χ4v) is 8.08. The summed E-state index contributed by atoms with van der Waals surface area (Å²) in [6.45, 7) is 0. The zero-order valence-electron chi connectivity index (χ0n) is 26.7. The molecule has 3 heterocycles. The van der Waals surface area contributed by atoms with Crippen molar-refractivity contribution in [3.63, 3.8) is 0 Å². The van der Waals surface area contributed by atoms with Gasteiger partial charge in [-0.2, -0.15) is 0 Å². The Labute approximate surface area is 292 Å². The Balaban J connectivity index is 1.12. The van der Waals surface area contributed by atoms with Gasteiger partial charge in [-0.25, -0.2) is 15.0 Å². The molecular formula is C45H27N3OS. The van der Waals surface area contributed by atoms with Gasteiger partial charge in [0, 0.05) is 47.6 Å². The molecule has 0 saturated heterocycles. The average molecular weight is 658 g/mol. The molecule has 0 saturated carbocycles. The summed E-state index contributed by atoms with van der Waals surface area (Å²) in [4.78, 5) is 15.2. The smallest absolute Gasteiger partial charge is 0.164 e. The molecule has 10 aromatic rings. The van der Waals surface area contributed by atoms with E-state index in [1.54, 1.807) is 11.3 Å². The number of benzene rings is 7. The lowest BCUT2D eigenvalue weighted by Gasteiger charge is -2.10. The van der Waals surface area contributed by atoms with Crippen LogP contribution in [0.3, 0.4) is 0 Å². The van der Waals surface area contributed by atoms with Crippen LogP contribution in [0.25, 0.3) is 98.5 Å². The van der Waals surface area contributed by atoms with Crippen molar-refractivity contribution in [2.24, 2.45) is 0 Å². The number of rotatable bonds is 5. The Morgan fingerprint density at radius 2 is 0.960 bits per heavy atom. The summed E-state index contributed by atoms with van der Waals surface area (Å²) in [6, 6.07) is 57.0.